The molecule has 1 aliphatic heterocycles. The van der Waals surface area contributed by atoms with Crippen LogP contribution in [0.2, 0.25) is 0 Å². The summed E-state index contributed by atoms with van der Waals surface area (Å²) in [4.78, 5) is 24.8. The molecule has 1 aliphatic rings. The summed E-state index contributed by atoms with van der Waals surface area (Å²) in [6.45, 7) is 3.55. The molecule has 3 aromatic carbocycles. The molecule has 1 saturated heterocycles. The Balaban J connectivity index is 1.61. The Kier molecular flexibility index (Phi) is 5.15. The maximum absolute atomic E-state index is 14.4. The molecule has 0 radical (unpaired) electrons. The summed E-state index contributed by atoms with van der Waals surface area (Å²) in [5.74, 6) is -0.261. The third-order valence-corrected chi connectivity index (χ3v) is 6.91. The maximum Gasteiger partial charge on any atom is 0.323 e. The van der Waals surface area contributed by atoms with E-state index in [9.17, 15) is 9.18 Å². The lowest BCUT2D eigenvalue weighted by Gasteiger charge is -2.34. The van der Waals surface area contributed by atoms with Gasteiger partial charge in [-0.3, -0.25) is 4.98 Å². The molecule has 3 heterocycles. The van der Waals surface area contributed by atoms with Crippen LogP contribution < -0.4 is 16.3 Å². The fourth-order valence-corrected chi connectivity index (χ4v) is 5.21. The van der Waals surface area contributed by atoms with Crippen LogP contribution in [-0.4, -0.2) is 34.1 Å². The van der Waals surface area contributed by atoms with Gasteiger partial charge >= 0.3 is 5.69 Å². The van der Waals surface area contributed by atoms with Gasteiger partial charge in [-0.2, -0.15) is 0 Å². The van der Waals surface area contributed by atoms with Crippen LogP contribution in [0.5, 0.6) is 0 Å². The first-order valence-corrected chi connectivity index (χ1v) is 11.9. The number of aromatic amines is 2. The molecule has 0 bridgehead atoms. The first-order valence-electron chi connectivity index (χ1n) is 11.9. The van der Waals surface area contributed by atoms with Crippen molar-refractivity contribution in [3.8, 4) is 22.3 Å². The molecule has 1 fully saturated rings. The van der Waals surface area contributed by atoms with E-state index in [-0.39, 0.29) is 17.5 Å². The van der Waals surface area contributed by atoms with Crippen LogP contribution in [0.1, 0.15) is 18.4 Å². The second kappa shape index (κ2) is 8.36. The van der Waals surface area contributed by atoms with Gasteiger partial charge in [0.05, 0.1) is 22.2 Å². The van der Waals surface area contributed by atoms with Gasteiger partial charge in [0.1, 0.15) is 5.82 Å². The van der Waals surface area contributed by atoms with Crippen LogP contribution in [0, 0.1) is 12.7 Å². The number of imidazole rings is 1. The first kappa shape index (κ1) is 21.6. The van der Waals surface area contributed by atoms with Gasteiger partial charge in [-0.25, -0.2) is 9.18 Å². The topological polar surface area (TPSA) is 90.8 Å². The van der Waals surface area contributed by atoms with E-state index >= 15 is 0 Å². The SMILES string of the molecule is Cc1cc(F)cc(-c2cnc3ccc(-c4cccc5[nH]c(=O)[nH]c45)cc3c2N2CCC(N)CC2)c1. The molecule has 0 aliphatic carbocycles. The Labute approximate surface area is 201 Å². The Bertz CT molecular complexity index is 1610. The Hall–Kier alpha value is -3.97. The number of piperidine rings is 1. The second-order valence-electron chi connectivity index (χ2n) is 9.40. The number of aryl methyl sites for hydroxylation is 1. The molecule has 2 aromatic heterocycles. The van der Waals surface area contributed by atoms with Crippen molar-refractivity contribution in [3.05, 3.63) is 82.7 Å². The Morgan fingerprint density at radius 3 is 2.63 bits per heavy atom. The van der Waals surface area contributed by atoms with Gasteiger partial charge in [0.2, 0.25) is 0 Å². The lowest BCUT2D eigenvalue weighted by atomic mass is 9.95. The lowest BCUT2D eigenvalue weighted by molar-refractivity contribution is 0.502. The average molecular weight is 468 g/mol. The summed E-state index contributed by atoms with van der Waals surface area (Å²) < 4.78 is 14.4. The number of para-hydroxylation sites is 1. The third-order valence-electron chi connectivity index (χ3n) is 6.91. The molecule has 0 amide bonds. The lowest BCUT2D eigenvalue weighted by Crippen LogP contribution is -2.40. The zero-order valence-electron chi connectivity index (χ0n) is 19.4. The summed E-state index contributed by atoms with van der Waals surface area (Å²) in [6, 6.07) is 17.3. The number of fused-ring (bicyclic) bond motifs is 2. The van der Waals surface area contributed by atoms with Gasteiger partial charge in [-0.05, 0) is 66.8 Å². The highest BCUT2D eigenvalue weighted by atomic mass is 19.1. The van der Waals surface area contributed by atoms with E-state index in [2.05, 4.69) is 20.9 Å². The van der Waals surface area contributed by atoms with E-state index in [1.165, 1.54) is 6.07 Å². The number of anilines is 1. The van der Waals surface area contributed by atoms with Gasteiger partial charge in [0, 0.05) is 41.8 Å². The van der Waals surface area contributed by atoms with Crippen LogP contribution in [0.15, 0.2) is 65.6 Å². The largest absolute Gasteiger partial charge is 0.370 e. The third kappa shape index (κ3) is 3.88. The molecule has 35 heavy (non-hydrogen) atoms. The number of aromatic nitrogens is 3. The van der Waals surface area contributed by atoms with Crippen LogP contribution >= 0.6 is 0 Å². The molecule has 5 aromatic rings. The van der Waals surface area contributed by atoms with E-state index in [1.54, 1.807) is 6.07 Å². The second-order valence-corrected chi connectivity index (χ2v) is 9.40. The summed E-state index contributed by atoms with van der Waals surface area (Å²) in [7, 11) is 0. The summed E-state index contributed by atoms with van der Waals surface area (Å²) in [5.41, 5.74) is 13.9. The molecule has 6 rings (SSSR count). The molecule has 176 valence electrons. The van der Waals surface area contributed by atoms with Crippen molar-refractivity contribution in [1.82, 2.24) is 15.0 Å². The van der Waals surface area contributed by atoms with Crippen molar-refractivity contribution in [2.45, 2.75) is 25.8 Å². The van der Waals surface area contributed by atoms with E-state index in [4.69, 9.17) is 10.7 Å². The van der Waals surface area contributed by atoms with Crippen LogP contribution in [0.3, 0.4) is 0 Å². The summed E-state index contributed by atoms with van der Waals surface area (Å²) in [5, 5.41) is 0.993. The minimum Gasteiger partial charge on any atom is -0.370 e. The standard InChI is InChI=1S/C28H26FN5O/c1-16-11-18(13-19(29)12-16)23-15-31-24-6-5-17(21-3-2-4-25-26(21)33-28(35)32-25)14-22(24)27(23)34-9-7-20(30)8-10-34/h2-6,11-15,20H,7-10,30H2,1H3,(H2,32,33,35). The van der Waals surface area contributed by atoms with Crippen molar-refractivity contribution >= 4 is 27.6 Å². The zero-order chi connectivity index (χ0) is 24.1. The highest BCUT2D eigenvalue weighted by Gasteiger charge is 2.23. The average Bonchev–Trinajstić information content (AvgIpc) is 3.23. The van der Waals surface area contributed by atoms with Crippen LogP contribution in [-0.2, 0) is 0 Å². The zero-order valence-corrected chi connectivity index (χ0v) is 19.4. The number of halogens is 1. The van der Waals surface area contributed by atoms with Gasteiger partial charge in [0.15, 0.2) is 0 Å². The normalized spacial score (nSPS) is 14.8. The predicted octanol–water partition coefficient (Wildman–Crippen LogP) is 5.11. The molecular formula is C28H26FN5O. The fraction of sp³-hybridized carbons (Fsp3) is 0.214. The molecule has 0 atom stereocenters. The molecular weight excluding hydrogens is 441 g/mol. The number of nitrogens with two attached hydrogens (primary N) is 1. The highest BCUT2D eigenvalue weighted by Crippen LogP contribution is 2.40. The maximum atomic E-state index is 14.4. The molecule has 0 unspecified atom stereocenters. The molecule has 6 nitrogen and oxygen atoms in total. The van der Waals surface area contributed by atoms with Crippen molar-refractivity contribution in [3.63, 3.8) is 0 Å². The summed E-state index contributed by atoms with van der Waals surface area (Å²) in [6.07, 6.45) is 3.65. The molecule has 7 heteroatoms. The molecule has 0 saturated carbocycles. The predicted molar refractivity (Wildman–Crippen MR) is 139 cm³/mol. The number of nitrogens with one attached hydrogen (secondary N) is 2. The number of nitrogens with zero attached hydrogens (tertiary/aromatic N) is 2. The number of benzene rings is 3. The minimum absolute atomic E-state index is 0.192. The van der Waals surface area contributed by atoms with Gasteiger partial charge in [-0.15, -0.1) is 0 Å². The van der Waals surface area contributed by atoms with Crippen LogP contribution in [0.4, 0.5) is 10.1 Å². The van der Waals surface area contributed by atoms with Crippen molar-refractivity contribution in [1.29, 1.82) is 0 Å². The minimum atomic E-state index is -0.261. The van der Waals surface area contributed by atoms with E-state index in [0.717, 1.165) is 81.4 Å². The number of hydrogen-bond donors (Lipinski definition) is 3. The number of pyridine rings is 1. The van der Waals surface area contributed by atoms with Crippen molar-refractivity contribution < 1.29 is 4.39 Å². The Morgan fingerprint density at radius 1 is 1.00 bits per heavy atom. The fourth-order valence-electron chi connectivity index (χ4n) is 5.21. The van der Waals surface area contributed by atoms with Crippen molar-refractivity contribution in [2.24, 2.45) is 5.73 Å². The highest BCUT2D eigenvalue weighted by molar-refractivity contribution is 6.03. The van der Waals surface area contributed by atoms with Crippen LogP contribution in [0.25, 0.3) is 44.2 Å². The number of H-pyrrole nitrogens is 2. The van der Waals surface area contributed by atoms with Gasteiger partial charge in [0.25, 0.3) is 0 Å². The van der Waals surface area contributed by atoms with Gasteiger partial charge < -0.3 is 20.6 Å². The number of rotatable bonds is 3. The van der Waals surface area contributed by atoms with E-state index < -0.39 is 0 Å². The smallest absolute Gasteiger partial charge is 0.323 e. The number of hydrogen-bond acceptors (Lipinski definition) is 4. The van der Waals surface area contributed by atoms with Gasteiger partial charge in [-0.1, -0.05) is 24.3 Å². The molecule has 4 N–H and O–H groups in total. The summed E-state index contributed by atoms with van der Waals surface area (Å²) >= 11 is 0. The quantitative estimate of drug-likeness (QED) is 0.344. The molecule has 0 spiro atoms. The monoisotopic (exact) mass is 467 g/mol. The van der Waals surface area contributed by atoms with E-state index in [0.29, 0.717) is 0 Å². The van der Waals surface area contributed by atoms with E-state index in [1.807, 2.05) is 49.5 Å². The first-order chi connectivity index (χ1) is 17.0. The Morgan fingerprint density at radius 2 is 1.83 bits per heavy atom. The van der Waals surface area contributed by atoms with Crippen molar-refractivity contribution in [2.75, 3.05) is 18.0 Å².